The van der Waals surface area contributed by atoms with Crippen molar-refractivity contribution in [3.63, 3.8) is 0 Å². The first kappa shape index (κ1) is 38.5. The van der Waals surface area contributed by atoms with Gasteiger partial charge in [-0.2, -0.15) is 0 Å². The van der Waals surface area contributed by atoms with E-state index in [1.54, 1.807) is 0 Å². The fraction of sp³-hybridized carbons (Fsp3) is 0.667. The minimum atomic E-state index is -0.0939. The Morgan fingerprint density at radius 1 is 0.907 bits per heavy atom. The Kier molecular flexibility index (Phi) is 17.0. The molecule has 43 heavy (non-hydrogen) atoms. The van der Waals surface area contributed by atoms with E-state index in [1.807, 2.05) is 53.4 Å². The summed E-state index contributed by atoms with van der Waals surface area (Å²) in [4.78, 5) is 27.0. The fourth-order valence-corrected chi connectivity index (χ4v) is 6.76. The smallest absolute Gasteiger partial charge is 0.233 e. The maximum absolute atomic E-state index is 12.9. The lowest BCUT2D eigenvalue weighted by Crippen LogP contribution is -2.37. The average Bonchev–Trinajstić information content (AvgIpc) is 3.79. The van der Waals surface area contributed by atoms with Crippen LogP contribution in [0.25, 0.3) is 0 Å². The molecule has 1 N–H and O–H groups in total. The lowest BCUT2D eigenvalue weighted by molar-refractivity contribution is -0.136. The number of fused-ring (bicyclic) bond motifs is 1. The summed E-state index contributed by atoms with van der Waals surface area (Å²) in [5, 5.41) is 8.20. The number of benzene rings is 1. The maximum Gasteiger partial charge on any atom is 0.233 e. The van der Waals surface area contributed by atoms with Crippen LogP contribution in [0.3, 0.4) is 0 Å². The molecule has 0 aromatic heterocycles. The Morgan fingerprint density at radius 3 is 2.09 bits per heavy atom. The van der Waals surface area contributed by atoms with Crippen LogP contribution in [0.15, 0.2) is 35.1 Å². The summed E-state index contributed by atoms with van der Waals surface area (Å²) in [5.74, 6) is 0.609. The van der Waals surface area contributed by atoms with Crippen molar-refractivity contribution < 1.29 is 9.59 Å². The third-order valence-corrected chi connectivity index (χ3v) is 9.33. The number of Topliss-reactive ketones (excluding diaryl/α,β-unsaturated/α-hetero) is 1. The van der Waals surface area contributed by atoms with Crippen LogP contribution < -0.4 is 0 Å². The molecule has 242 valence electrons. The number of hydrogen-bond acceptors (Lipinski definition) is 3. The molecule has 1 saturated heterocycles. The summed E-state index contributed by atoms with van der Waals surface area (Å²) >= 11 is 0. The molecule has 0 radical (unpaired) electrons. The topological polar surface area (TPSA) is 61.2 Å². The van der Waals surface area contributed by atoms with E-state index >= 15 is 0 Å². The molecule has 4 heteroatoms. The highest BCUT2D eigenvalue weighted by atomic mass is 16.2. The molecule has 3 aliphatic carbocycles. The zero-order chi connectivity index (χ0) is 32.7. The SMILES string of the molecule is CC.CC.CC.CC1=C(N2CCC3(CCCCC3)C2=O)CC2=CC2C1=O.CCCCC(=N)c1ccc(CC)c(C)c1CC. The number of hydrogen-bond donors (Lipinski definition) is 1. The number of nitrogens with one attached hydrogen (secondary N) is 1. The highest BCUT2D eigenvalue weighted by molar-refractivity contribution is 6.05. The summed E-state index contributed by atoms with van der Waals surface area (Å²) in [6.45, 7) is 23.5. The quantitative estimate of drug-likeness (QED) is 0.253. The number of nitrogens with zero attached hydrogens (tertiary/aromatic N) is 1. The molecule has 1 spiro atoms. The van der Waals surface area contributed by atoms with Gasteiger partial charge in [-0.3, -0.25) is 9.59 Å². The molecule has 1 atom stereocenters. The molecule has 1 aromatic rings. The van der Waals surface area contributed by atoms with Gasteiger partial charge in [-0.15, -0.1) is 0 Å². The van der Waals surface area contributed by atoms with Gasteiger partial charge in [0.15, 0.2) is 5.78 Å². The zero-order valence-corrected chi connectivity index (χ0v) is 29.8. The summed E-state index contributed by atoms with van der Waals surface area (Å²) in [6.07, 6.45) is 14.9. The van der Waals surface area contributed by atoms with E-state index in [1.165, 1.54) is 47.1 Å². The zero-order valence-electron chi connectivity index (χ0n) is 29.8. The molecule has 2 fully saturated rings. The normalized spacial score (nSPS) is 19.4. The number of likely N-dealkylation sites (tertiary alicyclic amines) is 1. The summed E-state index contributed by atoms with van der Waals surface area (Å²) in [6, 6.07) is 4.35. The van der Waals surface area contributed by atoms with E-state index < -0.39 is 0 Å². The van der Waals surface area contributed by atoms with Gasteiger partial charge < -0.3 is 10.3 Å². The highest BCUT2D eigenvalue weighted by Gasteiger charge is 2.50. The van der Waals surface area contributed by atoms with Gasteiger partial charge >= 0.3 is 0 Å². The van der Waals surface area contributed by atoms with Gasteiger partial charge in [0.05, 0.1) is 11.3 Å². The van der Waals surface area contributed by atoms with E-state index in [2.05, 4.69) is 45.9 Å². The van der Waals surface area contributed by atoms with E-state index in [0.717, 1.165) is 81.3 Å². The molecule has 5 rings (SSSR count). The van der Waals surface area contributed by atoms with Gasteiger partial charge in [-0.1, -0.05) is 112 Å². The molecule has 1 aromatic carbocycles. The minimum Gasteiger partial charge on any atom is -0.315 e. The van der Waals surface area contributed by atoms with Crippen LogP contribution in [-0.2, 0) is 22.4 Å². The summed E-state index contributed by atoms with van der Waals surface area (Å²) < 4.78 is 0. The monoisotopic (exact) mass is 592 g/mol. The predicted octanol–water partition coefficient (Wildman–Crippen LogP) is 10.7. The van der Waals surface area contributed by atoms with Crippen molar-refractivity contribution in [1.82, 2.24) is 4.90 Å². The van der Waals surface area contributed by atoms with Gasteiger partial charge in [-0.05, 0) is 81.0 Å². The van der Waals surface area contributed by atoms with Gasteiger partial charge in [0, 0.05) is 29.9 Å². The predicted molar refractivity (Wildman–Crippen MR) is 186 cm³/mol. The molecule has 4 aliphatic rings. The van der Waals surface area contributed by atoms with Crippen molar-refractivity contribution in [3.8, 4) is 0 Å². The Labute approximate surface area is 265 Å². The first-order valence-corrected chi connectivity index (χ1v) is 17.7. The molecule has 1 unspecified atom stereocenters. The van der Waals surface area contributed by atoms with E-state index in [9.17, 15) is 9.59 Å². The Balaban J connectivity index is 0.000000371. The van der Waals surface area contributed by atoms with Crippen LogP contribution in [0.4, 0.5) is 0 Å². The standard InChI is InChI=1S/C17H21NO2.C16H25N.3C2H6/c1-11-14(10-12-9-13(12)15(11)19)18-8-7-17(16(18)20)5-3-2-4-6-17;1-5-8-9-16(17)15-11-10-13(6-2)12(4)14(15)7-3;3*1-2/h9,13H,2-8,10H2,1H3;10-11,17H,5-9H2,1-4H3;3*1-2H3. The number of allylic oxidation sites excluding steroid dienone is 3. The molecule has 1 saturated carbocycles. The van der Waals surface area contributed by atoms with Crippen molar-refractivity contribution in [2.75, 3.05) is 6.54 Å². The van der Waals surface area contributed by atoms with Gasteiger partial charge in [0.1, 0.15) is 0 Å². The molecular formula is C39H64N2O2. The second-order valence-corrected chi connectivity index (χ2v) is 11.5. The average molecular weight is 593 g/mol. The number of aryl methyl sites for hydroxylation is 1. The van der Waals surface area contributed by atoms with Crippen molar-refractivity contribution in [2.45, 2.75) is 153 Å². The molecule has 1 aliphatic heterocycles. The van der Waals surface area contributed by atoms with Crippen LogP contribution in [0, 0.1) is 23.7 Å². The van der Waals surface area contributed by atoms with Crippen molar-refractivity contribution >= 4 is 17.4 Å². The molecular weight excluding hydrogens is 528 g/mol. The van der Waals surface area contributed by atoms with Crippen molar-refractivity contribution in [3.05, 3.63) is 57.3 Å². The fourth-order valence-electron chi connectivity index (χ4n) is 6.76. The number of ketones is 1. The first-order valence-electron chi connectivity index (χ1n) is 17.7. The molecule has 4 nitrogen and oxygen atoms in total. The van der Waals surface area contributed by atoms with Crippen LogP contribution >= 0.6 is 0 Å². The molecule has 0 bridgehead atoms. The third-order valence-electron chi connectivity index (χ3n) is 9.33. The van der Waals surface area contributed by atoms with Crippen LogP contribution in [0.5, 0.6) is 0 Å². The largest absolute Gasteiger partial charge is 0.315 e. The second-order valence-electron chi connectivity index (χ2n) is 11.5. The number of amides is 1. The van der Waals surface area contributed by atoms with Crippen molar-refractivity contribution in [1.29, 1.82) is 5.41 Å². The van der Waals surface area contributed by atoms with Crippen LogP contribution in [0.1, 0.15) is 156 Å². The number of carbonyl (C=O) groups excluding carboxylic acids is 2. The minimum absolute atomic E-state index is 0.0834. The summed E-state index contributed by atoms with van der Waals surface area (Å²) in [5.41, 5.74) is 9.16. The number of rotatable bonds is 7. The number of carbonyl (C=O) groups is 2. The Hall–Kier alpha value is -2.49. The van der Waals surface area contributed by atoms with E-state index in [0.29, 0.717) is 5.91 Å². The van der Waals surface area contributed by atoms with E-state index in [4.69, 9.17) is 5.41 Å². The first-order chi connectivity index (χ1) is 20.8. The van der Waals surface area contributed by atoms with Crippen LogP contribution in [0.2, 0.25) is 0 Å². The number of unbranched alkanes of at least 4 members (excludes halogenated alkanes) is 1. The lowest BCUT2D eigenvalue weighted by Gasteiger charge is -2.32. The third kappa shape index (κ3) is 9.02. The Morgan fingerprint density at radius 2 is 1.53 bits per heavy atom. The summed E-state index contributed by atoms with van der Waals surface area (Å²) in [7, 11) is 0. The molecule has 1 amide bonds. The molecule has 1 heterocycles. The van der Waals surface area contributed by atoms with Gasteiger partial charge in [0.2, 0.25) is 5.91 Å². The lowest BCUT2D eigenvalue weighted by atomic mass is 9.73. The highest BCUT2D eigenvalue weighted by Crippen LogP contribution is 2.49. The van der Waals surface area contributed by atoms with E-state index in [-0.39, 0.29) is 17.1 Å². The Bertz CT molecular complexity index is 1130. The van der Waals surface area contributed by atoms with Crippen molar-refractivity contribution in [2.24, 2.45) is 11.3 Å². The van der Waals surface area contributed by atoms with Crippen LogP contribution in [-0.4, -0.2) is 28.8 Å². The second kappa shape index (κ2) is 19.0. The maximum atomic E-state index is 12.9. The van der Waals surface area contributed by atoms with Gasteiger partial charge in [0.25, 0.3) is 0 Å². The van der Waals surface area contributed by atoms with Gasteiger partial charge in [-0.25, -0.2) is 0 Å².